The average Bonchev–Trinajstić information content (AvgIpc) is 1.80. The van der Waals surface area contributed by atoms with E-state index in [0.717, 1.165) is 0 Å². The highest BCUT2D eigenvalue weighted by atomic mass is 19.4. The van der Waals surface area contributed by atoms with E-state index < -0.39 is 25.6 Å². The molecule has 0 radical (unpaired) electrons. The summed E-state index contributed by atoms with van der Waals surface area (Å²) in [5, 5.41) is 0. The van der Waals surface area contributed by atoms with Crippen molar-refractivity contribution in [3.8, 4) is 0 Å². The lowest BCUT2D eigenvalue weighted by Crippen LogP contribution is -2.21. The van der Waals surface area contributed by atoms with Crippen molar-refractivity contribution in [2.75, 3.05) is 6.61 Å². The second-order valence-electron chi connectivity index (χ2n) is 1.53. The molecule has 0 N–H and O–H groups in total. The standard InChI is InChI=1S/C4H3F5O3/c5-2(6)12-3(10)11-1-4(7,8)9/h2H,1H2. The van der Waals surface area contributed by atoms with E-state index in [1.54, 1.807) is 0 Å². The van der Waals surface area contributed by atoms with Crippen LogP contribution >= 0.6 is 0 Å². The van der Waals surface area contributed by atoms with Crippen LogP contribution in [0.5, 0.6) is 0 Å². The van der Waals surface area contributed by atoms with Crippen LogP contribution in [-0.2, 0) is 9.47 Å². The predicted molar refractivity (Wildman–Crippen MR) is 24.5 cm³/mol. The van der Waals surface area contributed by atoms with E-state index in [9.17, 15) is 26.7 Å². The van der Waals surface area contributed by atoms with Gasteiger partial charge in [-0.2, -0.15) is 22.0 Å². The summed E-state index contributed by atoms with van der Waals surface area (Å²) in [6, 6.07) is 0. The normalized spacial score (nSPS) is 11.5. The fourth-order valence-electron chi connectivity index (χ4n) is 0.248. The van der Waals surface area contributed by atoms with E-state index in [1.807, 2.05) is 0 Å². The second kappa shape index (κ2) is 4.07. The Balaban J connectivity index is 3.58. The Morgan fingerprint density at radius 3 is 2.17 bits per heavy atom. The van der Waals surface area contributed by atoms with Gasteiger partial charge in [-0.3, -0.25) is 0 Å². The third-order valence-corrected chi connectivity index (χ3v) is 0.539. The zero-order valence-corrected chi connectivity index (χ0v) is 5.40. The third-order valence-electron chi connectivity index (χ3n) is 0.539. The van der Waals surface area contributed by atoms with Crippen molar-refractivity contribution in [3.05, 3.63) is 0 Å². The van der Waals surface area contributed by atoms with Crippen LogP contribution in [0.3, 0.4) is 0 Å². The zero-order valence-electron chi connectivity index (χ0n) is 5.40. The first-order valence-electron chi connectivity index (χ1n) is 2.49. The fourth-order valence-corrected chi connectivity index (χ4v) is 0.248. The summed E-state index contributed by atoms with van der Waals surface area (Å²) in [5.41, 5.74) is 0. The summed E-state index contributed by atoms with van der Waals surface area (Å²) in [6.45, 7) is -5.43. The summed E-state index contributed by atoms with van der Waals surface area (Å²) in [5.74, 6) is 0. The minimum absolute atomic E-state index is 1.95. The maximum atomic E-state index is 11.2. The van der Waals surface area contributed by atoms with Crippen LogP contribution in [0.15, 0.2) is 0 Å². The molecule has 8 heteroatoms. The maximum Gasteiger partial charge on any atom is 0.513 e. The Bertz CT molecular complexity index is 153. The van der Waals surface area contributed by atoms with Gasteiger partial charge in [-0.25, -0.2) is 4.79 Å². The Kier molecular flexibility index (Phi) is 3.71. The minimum atomic E-state index is -4.75. The van der Waals surface area contributed by atoms with E-state index in [4.69, 9.17) is 0 Å². The number of hydrogen-bond acceptors (Lipinski definition) is 3. The molecule has 0 aromatic rings. The Morgan fingerprint density at radius 1 is 1.33 bits per heavy atom. The van der Waals surface area contributed by atoms with Crippen molar-refractivity contribution >= 4 is 6.16 Å². The lowest BCUT2D eigenvalue weighted by Gasteiger charge is -2.06. The van der Waals surface area contributed by atoms with Crippen molar-refractivity contribution in [1.82, 2.24) is 0 Å². The molecule has 12 heavy (non-hydrogen) atoms. The lowest BCUT2D eigenvalue weighted by atomic mass is 10.7. The van der Waals surface area contributed by atoms with Crippen LogP contribution in [0.1, 0.15) is 0 Å². The van der Waals surface area contributed by atoms with Crippen LogP contribution in [0, 0.1) is 0 Å². The molecule has 0 rings (SSSR count). The third kappa shape index (κ3) is 7.03. The number of hydrogen-bond donors (Lipinski definition) is 0. The van der Waals surface area contributed by atoms with Gasteiger partial charge >= 0.3 is 18.9 Å². The lowest BCUT2D eigenvalue weighted by molar-refractivity contribution is -0.176. The molecule has 0 aliphatic rings. The first kappa shape index (κ1) is 10.9. The molecule has 0 aliphatic heterocycles. The van der Waals surface area contributed by atoms with Gasteiger partial charge in [0, 0.05) is 0 Å². The van der Waals surface area contributed by atoms with Gasteiger partial charge in [0.2, 0.25) is 0 Å². The molecule has 0 amide bonds. The van der Waals surface area contributed by atoms with Crippen molar-refractivity contribution in [2.45, 2.75) is 12.8 Å². The quantitative estimate of drug-likeness (QED) is 0.497. The summed E-state index contributed by atoms with van der Waals surface area (Å²) in [4.78, 5) is 9.88. The molecule has 0 atom stereocenters. The first-order chi connectivity index (χ1) is 5.31. The molecule has 0 saturated carbocycles. The van der Waals surface area contributed by atoms with Gasteiger partial charge < -0.3 is 9.47 Å². The molecular formula is C4H3F5O3. The van der Waals surface area contributed by atoms with Crippen LogP contribution in [0.4, 0.5) is 26.7 Å². The largest absolute Gasteiger partial charge is 0.513 e. The van der Waals surface area contributed by atoms with Gasteiger partial charge in [0.25, 0.3) is 0 Å². The summed E-state index contributed by atoms with van der Waals surface area (Å²) < 4.78 is 62.1. The molecule has 0 fully saturated rings. The SMILES string of the molecule is O=C(OCC(F)(F)F)OC(F)F. The van der Waals surface area contributed by atoms with Crippen LogP contribution in [-0.4, -0.2) is 25.6 Å². The highest BCUT2D eigenvalue weighted by Crippen LogP contribution is 2.14. The topological polar surface area (TPSA) is 35.5 Å². The maximum absolute atomic E-state index is 11.2. The fraction of sp³-hybridized carbons (Fsp3) is 0.750. The second-order valence-corrected chi connectivity index (χ2v) is 1.53. The minimum Gasteiger partial charge on any atom is -0.425 e. The molecule has 3 nitrogen and oxygen atoms in total. The van der Waals surface area contributed by atoms with Gasteiger partial charge in [-0.15, -0.1) is 0 Å². The molecule has 0 aromatic carbocycles. The molecule has 0 unspecified atom stereocenters. The van der Waals surface area contributed by atoms with Crippen molar-refractivity contribution in [1.29, 1.82) is 0 Å². The van der Waals surface area contributed by atoms with Gasteiger partial charge in [0.1, 0.15) is 0 Å². The van der Waals surface area contributed by atoms with E-state index in [0.29, 0.717) is 0 Å². The van der Waals surface area contributed by atoms with E-state index >= 15 is 0 Å². The summed E-state index contributed by atoms with van der Waals surface area (Å²) in [6.07, 6.45) is -6.80. The van der Waals surface area contributed by atoms with E-state index in [1.165, 1.54) is 0 Å². The zero-order chi connectivity index (χ0) is 9.78. The molecule has 0 bridgehead atoms. The number of ether oxygens (including phenoxy) is 2. The predicted octanol–water partition coefficient (Wildman–Crippen LogP) is 1.92. The molecular weight excluding hydrogens is 191 g/mol. The van der Waals surface area contributed by atoms with Gasteiger partial charge in [-0.1, -0.05) is 0 Å². The van der Waals surface area contributed by atoms with Gasteiger partial charge in [-0.05, 0) is 0 Å². The molecule has 0 spiro atoms. The highest BCUT2D eigenvalue weighted by molar-refractivity contribution is 5.59. The van der Waals surface area contributed by atoms with Gasteiger partial charge in [0.15, 0.2) is 6.61 Å². The highest BCUT2D eigenvalue weighted by Gasteiger charge is 2.30. The molecule has 0 saturated heterocycles. The number of halogens is 5. The van der Waals surface area contributed by atoms with Gasteiger partial charge in [0.05, 0.1) is 0 Å². The number of carbonyl (C=O) groups is 1. The summed E-state index contributed by atoms with van der Waals surface area (Å²) in [7, 11) is 0. The smallest absolute Gasteiger partial charge is 0.425 e. The van der Waals surface area contributed by atoms with Crippen molar-refractivity contribution in [3.63, 3.8) is 0 Å². The Hall–Kier alpha value is -1.08. The van der Waals surface area contributed by atoms with Crippen LogP contribution in [0.25, 0.3) is 0 Å². The Labute approximate surface area is 63.1 Å². The van der Waals surface area contributed by atoms with E-state index in [-0.39, 0.29) is 0 Å². The van der Waals surface area contributed by atoms with Crippen molar-refractivity contribution in [2.24, 2.45) is 0 Å². The molecule has 0 heterocycles. The van der Waals surface area contributed by atoms with Crippen molar-refractivity contribution < 1.29 is 36.2 Å². The Morgan fingerprint density at radius 2 is 1.83 bits per heavy atom. The first-order valence-corrected chi connectivity index (χ1v) is 2.49. The van der Waals surface area contributed by atoms with Crippen LogP contribution < -0.4 is 0 Å². The monoisotopic (exact) mass is 194 g/mol. The van der Waals surface area contributed by atoms with E-state index in [2.05, 4.69) is 9.47 Å². The van der Waals surface area contributed by atoms with Crippen LogP contribution in [0.2, 0.25) is 0 Å². The average molecular weight is 194 g/mol. The number of alkyl halides is 5. The number of rotatable bonds is 2. The molecule has 0 aliphatic carbocycles. The summed E-state index contributed by atoms with van der Waals surface area (Å²) >= 11 is 0. The molecule has 72 valence electrons. The number of carbonyl (C=O) groups excluding carboxylic acids is 1. The molecule has 0 aromatic heterocycles.